The minimum Gasteiger partial charge on any atom is -0.397 e. The summed E-state index contributed by atoms with van der Waals surface area (Å²) in [5, 5.41) is 13.6. The normalized spacial score (nSPS) is 25.8. The van der Waals surface area contributed by atoms with Gasteiger partial charge in [-0.05, 0) is 56.0 Å². The highest BCUT2D eigenvalue weighted by atomic mass is 19.1. The van der Waals surface area contributed by atoms with E-state index in [-0.39, 0.29) is 22.6 Å². The molecule has 0 spiro atoms. The third kappa shape index (κ3) is 4.13. The molecule has 2 fully saturated rings. The molecule has 0 bridgehead atoms. The molecule has 4 atom stereocenters. The number of amides is 1. The maximum atomic E-state index is 14.3. The van der Waals surface area contributed by atoms with Gasteiger partial charge in [-0.25, -0.2) is 13.8 Å². The number of hydrogen-bond donors (Lipinski definition) is 4. The van der Waals surface area contributed by atoms with Gasteiger partial charge in [0.15, 0.2) is 5.69 Å². The largest absolute Gasteiger partial charge is 0.397 e. The minimum atomic E-state index is -1.05. The molecule has 10 heteroatoms. The van der Waals surface area contributed by atoms with E-state index in [2.05, 4.69) is 15.3 Å². The Kier molecular flexibility index (Phi) is 5.96. The van der Waals surface area contributed by atoms with Crippen LogP contribution >= 0.6 is 0 Å². The molecule has 1 saturated carbocycles. The highest BCUT2D eigenvalue weighted by Crippen LogP contribution is 2.45. The van der Waals surface area contributed by atoms with Crippen LogP contribution in [0.1, 0.15) is 47.8 Å². The summed E-state index contributed by atoms with van der Waals surface area (Å²) in [6, 6.07) is 7.43. The molecular weight excluding hydrogens is 456 g/mol. The van der Waals surface area contributed by atoms with E-state index in [0.717, 1.165) is 18.6 Å². The quantitative estimate of drug-likeness (QED) is 0.449. The van der Waals surface area contributed by atoms with Gasteiger partial charge >= 0.3 is 0 Å². The first-order valence-corrected chi connectivity index (χ1v) is 11.4. The average molecular weight is 482 g/mol. The topological polar surface area (TPSA) is 136 Å². The number of nitrogens with one attached hydrogen (secondary N) is 1. The summed E-state index contributed by atoms with van der Waals surface area (Å²) in [5.41, 5.74) is 11.7. The number of halogens is 2. The van der Waals surface area contributed by atoms with Crippen molar-refractivity contribution in [2.75, 3.05) is 11.1 Å². The number of anilines is 2. The van der Waals surface area contributed by atoms with Gasteiger partial charge in [0.2, 0.25) is 0 Å². The summed E-state index contributed by atoms with van der Waals surface area (Å²) in [4.78, 5) is 21.4. The van der Waals surface area contributed by atoms with Gasteiger partial charge in [-0.3, -0.25) is 9.78 Å². The third-order valence-electron chi connectivity index (χ3n) is 6.85. The standard InChI is InChI=1S/C25H25F2N5O3/c26-14-3-1-4-15(27)22(14)17-7-6-16(28)23(31-17)24(33)32-18-12-30-10-8-13(18)19-11-20(29)25(34)9-2-5-21(25)35-19/h1,3-4,6-8,10,12,19-21,34H,2,5,9,11,28-29H2,(H,32,33)/t19-,20-,21-,25+/m1/s1. The number of aromatic nitrogens is 2. The van der Waals surface area contributed by atoms with Crippen LogP contribution in [0.15, 0.2) is 48.8 Å². The minimum absolute atomic E-state index is 0.0420. The first-order valence-electron chi connectivity index (χ1n) is 11.4. The molecule has 2 aliphatic rings. The molecular formula is C25H25F2N5O3. The summed E-state index contributed by atoms with van der Waals surface area (Å²) >= 11 is 0. The Hall–Kier alpha value is -3.47. The lowest BCUT2D eigenvalue weighted by atomic mass is 9.83. The van der Waals surface area contributed by atoms with Crippen molar-refractivity contribution in [3.8, 4) is 11.3 Å². The Labute approximate surface area is 200 Å². The zero-order chi connectivity index (χ0) is 24.7. The van der Waals surface area contributed by atoms with Crippen molar-refractivity contribution in [2.24, 2.45) is 5.73 Å². The molecule has 35 heavy (non-hydrogen) atoms. The van der Waals surface area contributed by atoms with E-state index >= 15 is 0 Å². The Morgan fingerprint density at radius 2 is 1.97 bits per heavy atom. The second-order valence-corrected chi connectivity index (χ2v) is 8.99. The molecule has 1 aliphatic heterocycles. The van der Waals surface area contributed by atoms with E-state index in [4.69, 9.17) is 16.2 Å². The van der Waals surface area contributed by atoms with Gasteiger partial charge in [0.25, 0.3) is 5.91 Å². The summed E-state index contributed by atoms with van der Waals surface area (Å²) in [7, 11) is 0. The van der Waals surface area contributed by atoms with Crippen molar-refractivity contribution in [3.05, 3.63) is 71.7 Å². The maximum Gasteiger partial charge on any atom is 0.276 e. The number of fused-ring (bicyclic) bond motifs is 1. The molecule has 0 radical (unpaired) electrons. The lowest BCUT2D eigenvalue weighted by Gasteiger charge is -2.44. The molecule has 8 nitrogen and oxygen atoms in total. The molecule has 1 aromatic carbocycles. The first-order chi connectivity index (χ1) is 16.8. The maximum absolute atomic E-state index is 14.3. The van der Waals surface area contributed by atoms with Crippen molar-refractivity contribution in [1.29, 1.82) is 0 Å². The Bertz CT molecular complexity index is 1270. The zero-order valence-electron chi connectivity index (χ0n) is 18.7. The van der Waals surface area contributed by atoms with E-state index in [0.29, 0.717) is 30.5 Å². The first kappa shape index (κ1) is 23.3. The molecule has 1 saturated heterocycles. The smallest absolute Gasteiger partial charge is 0.276 e. The van der Waals surface area contributed by atoms with E-state index in [1.165, 1.54) is 24.4 Å². The highest BCUT2D eigenvalue weighted by molar-refractivity contribution is 6.06. The molecule has 6 N–H and O–H groups in total. The number of aliphatic hydroxyl groups is 1. The van der Waals surface area contributed by atoms with Gasteiger partial charge in [-0.15, -0.1) is 0 Å². The number of carbonyl (C=O) groups excluding carboxylic acids is 1. The summed E-state index contributed by atoms with van der Waals surface area (Å²) in [6.45, 7) is 0. The fourth-order valence-corrected chi connectivity index (χ4v) is 4.99. The van der Waals surface area contributed by atoms with Gasteiger partial charge in [0.1, 0.15) is 17.2 Å². The van der Waals surface area contributed by atoms with E-state index in [1.807, 2.05) is 0 Å². The number of pyridine rings is 2. The third-order valence-corrected chi connectivity index (χ3v) is 6.85. The molecule has 1 aliphatic carbocycles. The van der Waals surface area contributed by atoms with Crippen molar-refractivity contribution >= 4 is 17.3 Å². The number of ether oxygens (including phenoxy) is 1. The van der Waals surface area contributed by atoms with E-state index in [1.54, 1.807) is 12.3 Å². The van der Waals surface area contributed by atoms with Crippen LogP contribution < -0.4 is 16.8 Å². The van der Waals surface area contributed by atoms with Gasteiger partial charge in [-0.2, -0.15) is 0 Å². The Morgan fingerprint density at radius 3 is 2.74 bits per heavy atom. The fraction of sp³-hybridized carbons (Fsp3) is 0.320. The summed E-state index contributed by atoms with van der Waals surface area (Å²) in [6.07, 6.45) is 4.67. The van der Waals surface area contributed by atoms with Crippen LogP contribution in [0, 0.1) is 11.6 Å². The number of hydrogen-bond acceptors (Lipinski definition) is 7. The molecule has 5 rings (SSSR count). The second-order valence-electron chi connectivity index (χ2n) is 8.99. The van der Waals surface area contributed by atoms with Crippen molar-refractivity contribution < 1.29 is 23.4 Å². The van der Waals surface area contributed by atoms with Crippen LogP contribution in [-0.2, 0) is 4.74 Å². The molecule has 3 heterocycles. The van der Waals surface area contributed by atoms with Crippen LogP contribution in [0.2, 0.25) is 0 Å². The van der Waals surface area contributed by atoms with Gasteiger partial charge in [0.05, 0.1) is 41.0 Å². The number of nitrogens with zero attached hydrogens (tertiary/aromatic N) is 2. The van der Waals surface area contributed by atoms with Crippen LogP contribution in [0.5, 0.6) is 0 Å². The number of nitrogens with two attached hydrogens (primary N) is 2. The van der Waals surface area contributed by atoms with Crippen molar-refractivity contribution in [3.63, 3.8) is 0 Å². The van der Waals surface area contributed by atoms with Crippen molar-refractivity contribution in [1.82, 2.24) is 9.97 Å². The van der Waals surface area contributed by atoms with Gasteiger partial charge in [-0.1, -0.05) is 6.07 Å². The summed E-state index contributed by atoms with van der Waals surface area (Å²) in [5.74, 6) is -2.28. The predicted octanol–water partition coefficient (Wildman–Crippen LogP) is 3.33. The van der Waals surface area contributed by atoms with E-state index < -0.39 is 41.4 Å². The second kappa shape index (κ2) is 8.95. The molecule has 1 amide bonds. The zero-order valence-corrected chi connectivity index (χ0v) is 18.7. The molecule has 0 unspecified atom stereocenters. The van der Waals surface area contributed by atoms with E-state index in [9.17, 15) is 18.7 Å². The lowest BCUT2D eigenvalue weighted by molar-refractivity contribution is -0.171. The fourth-order valence-electron chi connectivity index (χ4n) is 4.99. The number of rotatable bonds is 4. The van der Waals surface area contributed by atoms with Crippen LogP contribution in [-0.4, -0.2) is 38.7 Å². The number of nitrogen functional groups attached to an aromatic ring is 1. The monoisotopic (exact) mass is 481 g/mol. The van der Waals surface area contributed by atoms with Crippen LogP contribution in [0.3, 0.4) is 0 Å². The Balaban J connectivity index is 1.43. The number of benzene rings is 1. The molecule has 3 aromatic rings. The average Bonchev–Trinajstić information content (AvgIpc) is 3.22. The summed E-state index contributed by atoms with van der Waals surface area (Å²) < 4.78 is 34.7. The van der Waals surface area contributed by atoms with Crippen LogP contribution in [0.4, 0.5) is 20.2 Å². The predicted molar refractivity (Wildman–Crippen MR) is 125 cm³/mol. The van der Waals surface area contributed by atoms with Crippen LogP contribution in [0.25, 0.3) is 11.3 Å². The molecule has 182 valence electrons. The lowest BCUT2D eigenvalue weighted by Crippen LogP contribution is -2.58. The SMILES string of the molecule is Nc1ccc(-c2c(F)cccc2F)nc1C(=O)Nc1cnccc1[C@H]1C[C@@H](N)[C@@]2(O)CCC[C@H]2O1. The molecule has 2 aromatic heterocycles. The van der Waals surface area contributed by atoms with Gasteiger partial charge in [0, 0.05) is 17.8 Å². The van der Waals surface area contributed by atoms with Crippen molar-refractivity contribution in [2.45, 2.75) is 49.5 Å². The number of carbonyl (C=O) groups is 1. The van der Waals surface area contributed by atoms with Gasteiger partial charge < -0.3 is 26.6 Å². The Morgan fingerprint density at radius 1 is 1.20 bits per heavy atom. The highest BCUT2D eigenvalue weighted by Gasteiger charge is 2.51.